The molecule has 1 aromatic carbocycles. The first-order chi connectivity index (χ1) is 44.2. The van der Waals surface area contributed by atoms with Crippen LogP contribution in [0.1, 0.15) is 85.6 Å². The number of anilines is 1. The second kappa shape index (κ2) is 40.8. The van der Waals surface area contributed by atoms with Crippen LogP contribution in [-0.2, 0) is 82.8 Å². The van der Waals surface area contributed by atoms with Gasteiger partial charge in [-0.3, -0.25) is 43.8 Å². The van der Waals surface area contributed by atoms with Crippen molar-refractivity contribution in [1.82, 2.24) is 25.8 Å². The minimum Gasteiger partial charge on any atom is -0.495 e. The Hall–Kier alpha value is -5.50. The first kappa shape index (κ1) is 79.9. The molecular weight excluding hydrogens is 1290 g/mol. The van der Waals surface area contributed by atoms with Crippen LogP contribution in [0.4, 0.5) is 10.5 Å². The number of nitrogens with zero attached hydrogens (tertiary/aromatic N) is 4. The van der Waals surface area contributed by atoms with E-state index in [4.69, 9.17) is 54.3 Å². The van der Waals surface area contributed by atoms with Crippen LogP contribution in [0.5, 0.6) is 5.75 Å². The minimum absolute atomic E-state index is 0.0123. The van der Waals surface area contributed by atoms with Gasteiger partial charge in [-0.15, -0.1) is 11.8 Å². The van der Waals surface area contributed by atoms with Crippen molar-refractivity contribution in [2.45, 2.75) is 122 Å². The third kappa shape index (κ3) is 25.9. The van der Waals surface area contributed by atoms with Crippen molar-refractivity contribution in [2.75, 3.05) is 142 Å². The van der Waals surface area contributed by atoms with Gasteiger partial charge < -0.3 is 68.3 Å². The van der Waals surface area contributed by atoms with Gasteiger partial charge in [0, 0.05) is 95.8 Å². The first-order valence-corrected chi connectivity index (χ1v) is 35.1. The van der Waals surface area contributed by atoms with E-state index in [2.05, 4.69) is 21.1 Å². The fourth-order valence-corrected chi connectivity index (χ4v) is 12.8. The summed E-state index contributed by atoms with van der Waals surface area (Å²) in [7, 11) is 5.90. The summed E-state index contributed by atoms with van der Waals surface area (Å²) in [6.45, 7) is 11.8. The molecule has 2 fully saturated rings. The Kier molecular flexibility index (Phi) is 35.1. The van der Waals surface area contributed by atoms with Crippen molar-refractivity contribution in [1.29, 1.82) is 0 Å². The molecule has 3 heterocycles. The number of carbonyl (C=O) groups is 9. The zero-order chi connectivity index (χ0) is 68.8. The third-order valence-electron chi connectivity index (χ3n) is 16.4. The lowest BCUT2D eigenvalue weighted by Crippen LogP contribution is -2.63. The van der Waals surface area contributed by atoms with E-state index in [0.717, 1.165) is 45.0 Å². The van der Waals surface area contributed by atoms with Crippen molar-refractivity contribution >= 4 is 112 Å². The van der Waals surface area contributed by atoms with Crippen LogP contribution in [0.3, 0.4) is 0 Å². The third-order valence-corrected chi connectivity index (χ3v) is 19.2. The number of hydrogen-bond donors (Lipinski definition) is 4. The van der Waals surface area contributed by atoms with Crippen LogP contribution in [0.15, 0.2) is 41.1 Å². The van der Waals surface area contributed by atoms with Gasteiger partial charge in [-0.25, -0.2) is 9.59 Å². The molecule has 4 rings (SSSR count). The number of nitrogens with one attached hydrogen (secondary N) is 3. The van der Waals surface area contributed by atoms with Gasteiger partial charge in [-0.2, -0.15) is 23.5 Å². The highest BCUT2D eigenvalue weighted by Crippen LogP contribution is 2.44. The van der Waals surface area contributed by atoms with Gasteiger partial charge in [-0.1, -0.05) is 68.3 Å². The lowest BCUT2D eigenvalue weighted by atomic mass is 9.66. The van der Waals surface area contributed by atoms with Gasteiger partial charge >= 0.3 is 12.1 Å². The molecule has 2 unspecified atom stereocenters. The molecule has 0 spiro atoms. The van der Waals surface area contributed by atoms with Gasteiger partial charge in [0.05, 0.1) is 63.2 Å². The molecule has 3 aliphatic heterocycles. The normalized spacial score (nSPS) is 23.0. The van der Waals surface area contributed by atoms with E-state index in [9.17, 15) is 48.3 Å². The molecule has 522 valence electrons. The van der Waals surface area contributed by atoms with Gasteiger partial charge in [0.25, 0.3) is 5.91 Å². The van der Waals surface area contributed by atoms with Gasteiger partial charge in [0.1, 0.15) is 48.3 Å². The van der Waals surface area contributed by atoms with E-state index in [1.165, 1.54) is 38.0 Å². The van der Waals surface area contributed by atoms with Crippen LogP contribution in [-0.4, -0.2) is 246 Å². The highest BCUT2D eigenvalue weighted by molar-refractivity contribution is 8.01. The van der Waals surface area contributed by atoms with Crippen molar-refractivity contribution < 1.29 is 91.0 Å². The monoisotopic (exact) mass is 1390 g/mol. The fraction of sp³-hybridized carbons (Fsp3) is 0.683. The maximum atomic E-state index is 14.5. The fourth-order valence-electron chi connectivity index (χ4n) is 10.3. The molecule has 4 N–H and O–H groups in total. The zero-order valence-corrected chi connectivity index (χ0v) is 58.9. The number of hydrogen-bond acceptors (Lipinski definition) is 23. The number of allylic oxidation sites excluding steroid dienone is 3. The second-order valence-corrected chi connectivity index (χ2v) is 26.9. The Morgan fingerprint density at radius 1 is 0.892 bits per heavy atom. The number of imide groups is 1. The van der Waals surface area contributed by atoms with Gasteiger partial charge in [-0.05, 0) is 68.7 Å². The molecule has 0 aromatic heterocycles. The number of oxime groups is 1. The molecule has 93 heavy (non-hydrogen) atoms. The summed E-state index contributed by atoms with van der Waals surface area (Å²) in [5.41, 5.74) is -0.0308. The molecule has 0 radical (unpaired) electrons. The Morgan fingerprint density at radius 2 is 1.55 bits per heavy atom. The van der Waals surface area contributed by atoms with Gasteiger partial charge in [0.2, 0.25) is 29.5 Å². The number of ketones is 1. The van der Waals surface area contributed by atoms with Crippen molar-refractivity contribution in [3.63, 3.8) is 0 Å². The van der Waals surface area contributed by atoms with E-state index in [0.29, 0.717) is 37.4 Å². The van der Waals surface area contributed by atoms with Crippen LogP contribution < -0.4 is 25.6 Å². The standard InChI is InChI=1S/C63H96ClN7O19S3/c1-40-15-13-17-51(83-10)63(81)34-49(89-61(80)67-63)41(2)42(3)62(5,6)52(33-56(76)70(8)47-30-44(29-40)31-48(82-9)58(47)64)90-60(79)43(4)69(7)55(75)18-28-93-50-32-57(77)71(59(50)78)21-19-65-53(73)36-87-27-24-84-22-14-16-46(72)35-86-26-25-85-23-20-66-54(74)37-88-68-45(38-91-11)39-92-12/h13,15,17,30-31,41-43,49-52,81H,14,16,18-29,32-39H2,1-12H3,(H,65,73)(H,66,74)(H,67,80)/b17-13+,40-15+/t41?,42-,43-,49-,50?,51+,52-,63-/m0/s1. The summed E-state index contributed by atoms with van der Waals surface area (Å²) in [6, 6.07) is 2.40. The summed E-state index contributed by atoms with van der Waals surface area (Å²) >= 11 is 11.3. The number of esters is 1. The smallest absolute Gasteiger partial charge is 0.409 e. The number of ether oxygens (including phenoxy) is 8. The Labute approximate surface area is 564 Å². The summed E-state index contributed by atoms with van der Waals surface area (Å²) < 4.78 is 45.1. The molecule has 0 saturated carbocycles. The Balaban J connectivity index is 1.19. The van der Waals surface area contributed by atoms with E-state index in [1.807, 2.05) is 53.2 Å². The Bertz CT molecular complexity index is 2770. The molecule has 0 aliphatic carbocycles. The summed E-state index contributed by atoms with van der Waals surface area (Å²) in [5, 5.41) is 23.3. The number of likely N-dealkylation sites (tertiary alicyclic amines) is 1. The molecule has 1 aromatic rings. The van der Waals surface area contributed by atoms with Crippen LogP contribution in [0, 0.1) is 17.3 Å². The largest absolute Gasteiger partial charge is 0.495 e. The molecule has 30 heteroatoms. The van der Waals surface area contributed by atoms with E-state index >= 15 is 0 Å². The SMILES string of the molecule is COc1cc2cc(c1Cl)N(C)C(=O)C[C@H](OC(=O)[C@H](C)N(C)C(=O)CCSC1CC(=O)N(CCNC(=O)COCCOCCCC(=O)COCCOCCNC(=O)CON=C(CSC)CSC)C1=O)C(C)(C)[C@@H](C)C(C)[C@@H]1C[C@@](O)(NC(=O)O1)[C@H](OC)/C=C/C=C(\C)C2. The van der Waals surface area contributed by atoms with Crippen LogP contribution in [0.25, 0.3) is 0 Å². The minimum atomic E-state index is -1.87. The lowest BCUT2D eigenvalue weighted by molar-refractivity contribution is -0.170. The number of benzene rings is 1. The maximum Gasteiger partial charge on any atom is 0.409 e. The molecule has 3 aliphatic rings. The maximum absolute atomic E-state index is 14.5. The van der Waals surface area contributed by atoms with E-state index in [-0.39, 0.29) is 121 Å². The molecule has 8 atom stereocenters. The average Bonchev–Trinajstić information content (AvgIpc) is 1.31. The van der Waals surface area contributed by atoms with Crippen molar-refractivity contribution in [3.8, 4) is 5.75 Å². The van der Waals surface area contributed by atoms with Crippen LogP contribution in [0.2, 0.25) is 5.02 Å². The van der Waals surface area contributed by atoms with Crippen molar-refractivity contribution in [3.05, 3.63) is 46.5 Å². The summed E-state index contributed by atoms with van der Waals surface area (Å²) in [4.78, 5) is 127. The number of alkyl carbamates (subject to hydrolysis) is 1. The number of aliphatic hydroxyl groups is 1. The van der Waals surface area contributed by atoms with Crippen LogP contribution >= 0.6 is 46.9 Å². The van der Waals surface area contributed by atoms with E-state index in [1.54, 1.807) is 54.9 Å². The number of halogens is 1. The number of thioether (sulfide) groups is 3. The topological polar surface area (TPSA) is 315 Å². The summed E-state index contributed by atoms with van der Waals surface area (Å²) in [6.07, 6.45) is 5.85. The zero-order valence-electron chi connectivity index (χ0n) is 55.7. The quantitative estimate of drug-likeness (QED) is 0.0225. The molecule has 7 amide bonds. The molecule has 4 bridgehead atoms. The lowest BCUT2D eigenvalue weighted by Gasteiger charge is -2.47. The van der Waals surface area contributed by atoms with E-state index < -0.39 is 94.2 Å². The number of likely N-dealkylation sites (N-methyl/N-ethyl adjacent to an activating group) is 1. The number of rotatable bonds is 36. The molecule has 26 nitrogen and oxygen atoms in total. The average molecular weight is 1390 g/mol. The molecular formula is C63H96ClN7O19S3. The highest BCUT2D eigenvalue weighted by Gasteiger charge is 2.51. The summed E-state index contributed by atoms with van der Waals surface area (Å²) in [5.74, 6) is -2.48. The number of methoxy groups -OCH3 is 2. The number of amides is 7. The number of Topliss-reactive ketones (excluding diaryl/α,β-unsaturated/α-hetero) is 1. The Morgan fingerprint density at radius 3 is 2.23 bits per heavy atom. The van der Waals surface area contributed by atoms with Gasteiger partial charge in [0.15, 0.2) is 18.1 Å². The van der Waals surface area contributed by atoms with Crippen molar-refractivity contribution in [2.24, 2.45) is 22.4 Å². The number of fused-ring (bicyclic) bond motifs is 4. The second-order valence-electron chi connectivity index (χ2n) is 23.5. The highest BCUT2D eigenvalue weighted by atomic mass is 35.5. The first-order valence-electron chi connectivity index (χ1n) is 30.9. The number of carbonyl (C=O) groups excluding carboxylic acids is 9. The predicted octanol–water partition coefficient (Wildman–Crippen LogP) is 5.02. The predicted molar refractivity (Wildman–Crippen MR) is 357 cm³/mol. The molecule has 2 saturated heterocycles.